The van der Waals surface area contributed by atoms with Crippen LogP contribution in [-0.2, 0) is 11.3 Å². The third kappa shape index (κ3) is 4.98. The lowest BCUT2D eigenvalue weighted by Crippen LogP contribution is -2.57. The van der Waals surface area contributed by atoms with Gasteiger partial charge in [0.15, 0.2) is 5.65 Å². The van der Waals surface area contributed by atoms with Gasteiger partial charge in [-0.2, -0.15) is 0 Å². The Kier molecular flexibility index (Phi) is 6.65. The van der Waals surface area contributed by atoms with E-state index >= 15 is 0 Å². The van der Waals surface area contributed by atoms with Gasteiger partial charge >= 0.3 is 0 Å². The summed E-state index contributed by atoms with van der Waals surface area (Å²) in [7, 11) is 0. The molecule has 0 aliphatic carbocycles. The fourth-order valence-corrected chi connectivity index (χ4v) is 4.52. The van der Waals surface area contributed by atoms with E-state index in [1.165, 1.54) is 17.3 Å². The number of benzene rings is 2. The molecule has 2 aromatic heterocycles. The van der Waals surface area contributed by atoms with E-state index in [4.69, 9.17) is 0 Å². The molecular formula is C25H26FN7OS. The molecule has 1 aliphatic heterocycles. The van der Waals surface area contributed by atoms with Gasteiger partial charge in [-0.1, -0.05) is 18.2 Å². The molecule has 0 spiro atoms. The lowest BCUT2D eigenvalue weighted by molar-refractivity contribution is -0.123. The van der Waals surface area contributed by atoms with Crippen LogP contribution >= 0.6 is 11.8 Å². The van der Waals surface area contributed by atoms with Crippen LogP contribution < -0.4 is 15.5 Å². The monoisotopic (exact) mass is 491 g/mol. The highest BCUT2D eigenvalue weighted by Crippen LogP contribution is 2.25. The molecule has 8 nitrogen and oxygen atoms in total. The number of nitrogens with zero attached hydrogens (tertiary/aromatic N) is 5. The Morgan fingerprint density at radius 1 is 1.23 bits per heavy atom. The second-order valence-corrected chi connectivity index (χ2v) is 9.34. The Bertz CT molecular complexity index is 1360. The molecule has 2 N–H and O–H groups in total. The highest BCUT2D eigenvalue weighted by atomic mass is 32.2. The zero-order valence-corrected chi connectivity index (χ0v) is 20.3. The van der Waals surface area contributed by atoms with Crippen LogP contribution in [0.2, 0.25) is 0 Å². The lowest BCUT2D eigenvalue weighted by atomic mass is 10.1. The van der Waals surface area contributed by atoms with E-state index in [1.54, 1.807) is 29.4 Å². The van der Waals surface area contributed by atoms with Crippen LogP contribution in [0.15, 0.2) is 59.9 Å². The van der Waals surface area contributed by atoms with Crippen molar-refractivity contribution in [1.82, 2.24) is 30.4 Å². The van der Waals surface area contributed by atoms with Crippen LogP contribution in [0.25, 0.3) is 16.7 Å². The molecule has 3 heterocycles. The number of aryl methyl sites for hydroxylation is 1. The zero-order valence-electron chi connectivity index (χ0n) is 19.5. The number of nitrogens with one attached hydrogen (secondary N) is 2. The third-order valence-electron chi connectivity index (χ3n) is 6.13. The smallest absolute Gasteiger partial charge is 0.239 e. The maximum absolute atomic E-state index is 14.1. The molecule has 0 radical (unpaired) electrons. The van der Waals surface area contributed by atoms with E-state index < -0.39 is 0 Å². The van der Waals surface area contributed by atoms with E-state index in [2.05, 4.69) is 42.7 Å². The predicted molar refractivity (Wildman–Crippen MR) is 135 cm³/mol. The van der Waals surface area contributed by atoms with Crippen LogP contribution in [0.1, 0.15) is 11.1 Å². The lowest BCUT2D eigenvalue weighted by Gasteiger charge is -2.33. The van der Waals surface area contributed by atoms with Crippen molar-refractivity contribution in [2.24, 2.45) is 0 Å². The summed E-state index contributed by atoms with van der Waals surface area (Å²) in [5, 5.41) is 11.6. The van der Waals surface area contributed by atoms with Crippen molar-refractivity contribution < 1.29 is 9.18 Å². The van der Waals surface area contributed by atoms with Gasteiger partial charge in [0.05, 0.1) is 11.1 Å². The number of hydrogen-bond donors (Lipinski definition) is 2. The zero-order chi connectivity index (χ0) is 24.4. The number of anilines is 1. The van der Waals surface area contributed by atoms with Crippen LogP contribution in [0.4, 0.5) is 10.2 Å². The van der Waals surface area contributed by atoms with Crippen LogP contribution in [0, 0.1) is 12.7 Å². The third-order valence-corrected chi connectivity index (χ3v) is 6.88. The first-order valence-electron chi connectivity index (χ1n) is 11.4. The number of aromatic nitrogens is 4. The Balaban J connectivity index is 1.31. The van der Waals surface area contributed by atoms with E-state index in [1.807, 2.05) is 30.7 Å². The summed E-state index contributed by atoms with van der Waals surface area (Å²) < 4.78 is 15.7. The standard InChI is InChI=1S/C25H26FN7OS/c1-16-3-6-18(11-21(16)26)33-13-20-23(31-33)29-15-30-24(20)32-10-9-27-22(14-32)25(34)28-12-17-4-7-19(35-2)8-5-17/h3-8,11,13,15,22,27H,9-10,12,14H2,1-2H3,(H,28,34)/t22-/m1/s1. The highest BCUT2D eigenvalue weighted by Gasteiger charge is 2.27. The molecule has 0 bridgehead atoms. The molecule has 1 aliphatic rings. The number of amides is 1. The van der Waals surface area contributed by atoms with E-state index in [9.17, 15) is 9.18 Å². The van der Waals surface area contributed by atoms with Crippen molar-refractivity contribution in [3.05, 3.63) is 71.9 Å². The summed E-state index contributed by atoms with van der Waals surface area (Å²) in [6.07, 6.45) is 5.32. The second-order valence-electron chi connectivity index (χ2n) is 8.46. The molecule has 5 rings (SSSR count). The van der Waals surface area contributed by atoms with Crippen molar-refractivity contribution in [3.8, 4) is 5.69 Å². The van der Waals surface area contributed by atoms with Gasteiger partial charge in [0.25, 0.3) is 0 Å². The Morgan fingerprint density at radius 2 is 2.06 bits per heavy atom. The molecule has 0 unspecified atom stereocenters. The first-order chi connectivity index (χ1) is 17.0. The summed E-state index contributed by atoms with van der Waals surface area (Å²) >= 11 is 1.69. The Morgan fingerprint density at radius 3 is 2.83 bits per heavy atom. The average molecular weight is 492 g/mol. The fraction of sp³-hybridized carbons (Fsp3) is 0.280. The van der Waals surface area contributed by atoms with Gasteiger partial charge in [0.1, 0.15) is 24.0 Å². The molecule has 1 saturated heterocycles. The maximum atomic E-state index is 14.1. The minimum Gasteiger partial charge on any atom is -0.353 e. The topological polar surface area (TPSA) is 88.0 Å². The van der Waals surface area contributed by atoms with Gasteiger partial charge in [-0.05, 0) is 48.6 Å². The van der Waals surface area contributed by atoms with Gasteiger partial charge in [-0.25, -0.2) is 19.0 Å². The number of hydrogen-bond acceptors (Lipinski definition) is 7. The molecule has 2 aromatic carbocycles. The Hall–Kier alpha value is -3.50. The normalized spacial score (nSPS) is 16.0. The molecule has 10 heteroatoms. The van der Waals surface area contributed by atoms with Crippen LogP contribution in [0.3, 0.4) is 0 Å². The highest BCUT2D eigenvalue weighted by molar-refractivity contribution is 7.98. The minimum atomic E-state index is -0.375. The second kappa shape index (κ2) is 10.0. The van der Waals surface area contributed by atoms with Gasteiger partial charge in [0.2, 0.25) is 5.91 Å². The molecule has 1 amide bonds. The van der Waals surface area contributed by atoms with Crippen molar-refractivity contribution in [1.29, 1.82) is 0 Å². The predicted octanol–water partition coefficient (Wildman–Crippen LogP) is 3.08. The van der Waals surface area contributed by atoms with E-state index in [0.29, 0.717) is 48.9 Å². The largest absolute Gasteiger partial charge is 0.353 e. The molecule has 4 aromatic rings. The van der Waals surface area contributed by atoms with Crippen molar-refractivity contribution in [3.63, 3.8) is 0 Å². The molecule has 1 fully saturated rings. The molecule has 35 heavy (non-hydrogen) atoms. The summed E-state index contributed by atoms with van der Waals surface area (Å²) in [5.74, 6) is 0.366. The number of thioether (sulfide) groups is 1. The van der Waals surface area contributed by atoms with Crippen molar-refractivity contribution in [2.75, 3.05) is 30.8 Å². The number of carbonyl (C=O) groups excluding carboxylic acids is 1. The number of fused-ring (bicyclic) bond motifs is 1. The first-order valence-corrected chi connectivity index (χ1v) is 12.6. The van der Waals surface area contributed by atoms with Gasteiger partial charge in [-0.15, -0.1) is 16.9 Å². The van der Waals surface area contributed by atoms with Gasteiger partial charge in [0, 0.05) is 37.3 Å². The molecular weight excluding hydrogens is 465 g/mol. The molecule has 0 saturated carbocycles. The average Bonchev–Trinajstić information content (AvgIpc) is 3.34. The van der Waals surface area contributed by atoms with E-state index in [0.717, 1.165) is 10.9 Å². The fourth-order valence-electron chi connectivity index (χ4n) is 4.11. The number of carbonyl (C=O) groups is 1. The van der Waals surface area contributed by atoms with Crippen molar-refractivity contribution in [2.45, 2.75) is 24.4 Å². The van der Waals surface area contributed by atoms with Crippen LogP contribution in [0.5, 0.6) is 0 Å². The van der Waals surface area contributed by atoms with Crippen LogP contribution in [-0.4, -0.2) is 57.6 Å². The van der Waals surface area contributed by atoms with E-state index in [-0.39, 0.29) is 17.8 Å². The minimum absolute atomic E-state index is 0.0558. The van der Waals surface area contributed by atoms with Gasteiger partial charge < -0.3 is 15.5 Å². The van der Waals surface area contributed by atoms with Gasteiger partial charge in [-0.3, -0.25) is 4.79 Å². The number of rotatable bonds is 6. The summed E-state index contributed by atoms with van der Waals surface area (Å²) in [5.41, 5.74) is 2.76. The number of halogens is 1. The SMILES string of the molecule is CSc1ccc(CNC(=O)[C@H]2CN(c3ncnc4nn(-c5ccc(C)c(F)c5)cc34)CCN2)cc1. The summed E-state index contributed by atoms with van der Waals surface area (Å²) in [6.45, 7) is 4.00. The molecule has 1 atom stereocenters. The number of piperazine rings is 1. The Labute approximate surface area is 206 Å². The summed E-state index contributed by atoms with van der Waals surface area (Å²) in [4.78, 5) is 24.9. The quantitative estimate of drug-likeness (QED) is 0.401. The first kappa shape index (κ1) is 23.3. The van der Waals surface area contributed by atoms with Crippen molar-refractivity contribution >= 4 is 34.5 Å². The molecule has 180 valence electrons. The maximum Gasteiger partial charge on any atom is 0.239 e. The summed E-state index contributed by atoms with van der Waals surface area (Å²) in [6, 6.07) is 12.8.